The van der Waals surface area contributed by atoms with Gasteiger partial charge in [-0.15, -0.1) is 0 Å². The topological polar surface area (TPSA) is 62.5 Å². The summed E-state index contributed by atoms with van der Waals surface area (Å²) in [6, 6.07) is 9.71. The predicted octanol–water partition coefficient (Wildman–Crippen LogP) is 1.69. The molecule has 1 saturated heterocycles. The monoisotopic (exact) mass is 348 g/mol. The Balaban J connectivity index is 1.44. The summed E-state index contributed by atoms with van der Waals surface area (Å²) in [5, 5.41) is 3.97. The summed E-state index contributed by atoms with van der Waals surface area (Å²) in [7, 11) is -0.916. The van der Waals surface area contributed by atoms with E-state index < -0.39 is 10.8 Å². The van der Waals surface area contributed by atoms with Crippen molar-refractivity contribution in [1.82, 2.24) is 19.9 Å². The molecule has 24 heavy (non-hydrogen) atoms. The molecule has 0 radical (unpaired) electrons. The second kappa shape index (κ2) is 8.50. The van der Waals surface area contributed by atoms with Gasteiger partial charge in [0.2, 0.25) is 5.89 Å². The van der Waals surface area contributed by atoms with Gasteiger partial charge in [0, 0.05) is 37.2 Å². The molecule has 0 N–H and O–H groups in total. The van der Waals surface area contributed by atoms with Crippen LogP contribution in [0.25, 0.3) is 0 Å². The molecule has 1 aliphatic rings. The third-order valence-corrected chi connectivity index (χ3v) is 5.57. The molecular weight excluding hydrogens is 324 g/mol. The fourth-order valence-corrected chi connectivity index (χ4v) is 4.03. The van der Waals surface area contributed by atoms with Gasteiger partial charge in [-0.25, -0.2) is 0 Å². The van der Waals surface area contributed by atoms with Crippen LogP contribution in [-0.4, -0.2) is 62.6 Å². The lowest BCUT2D eigenvalue weighted by Crippen LogP contribution is -2.33. The molecule has 130 valence electrons. The predicted molar refractivity (Wildman–Crippen MR) is 93.1 cm³/mol. The molecular formula is C17H24N4O2S. The van der Waals surface area contributed by atoms with E-state index in [-0.39, 0.29) is 0 Å². The summed E-state index contributed by atoms with van der Waals surface area (Å²) in [5.74, 6) is 2.06. The smallest absolute Gasteiger partial charge is 0.223 e. The lowest BCUT2D eigenvalue weighted by atomic mass is 10.4. The van der Waals surface area contributed by atoms with Gasteiger partial charge in [-0.05, 0) is 31.6 Å². The van der Waals surface area contributed by atoms with Gasteiger partial charge in [0.05, 0.1) is 17.3 Å². The molecule has 0 saturated carbocycles. The number of nitrogens with zero attached hydrogens (tertiary/aromatic N) is 4. The Morgan fingerprint density at radius 2 is 1.88 bits per heavy atom. The Hall–Kier alpha value is -1.57. The molecule has 0 bridgehead atoms. The molecule has 0 unspecified atom stereocenters. The lowest BCUT2D eigenvalue weighted by molar-refractivity contribution is 0.250. The highest BCUT2D eigenvalue weighted by atomic mass is 32.2. The molecule has 1 aliphatic heterocycles. The average molecular weight is 348 g/mol. The van der Waals surface area contributed by atoms with Gasteiger partial charge in [0.25, 0.3) is 0 Å². The number of benzene rings is 1. The van der Waals surface area contributed by atoms with E-state index in [1.165, 1.54) is 0 Å². The van der Waals surface area contributed by atoms with Crippen LogP contribution in [0, 0.1) is 6.92 Å². The minimum atomic E-state index is -0.916. The minimum Gasteiger partial charge on any atom is -0.340 e. The first-order valence-electron chi connectivity index (χ1n) is 8.38. The maximum absolute atomic E-state index is 12.3. The van der Waals surface area contributed by atoms with Crippen molar-refractivity contribution >= 4 is 10.8 Å². The first-order chi connectivity index (χ1) is 11.7. The van der Waals surface area contributed by atoms with E-state index in [4.69, 9.17) is 4.52 Å². The standard InChI is InChI=1S/C17H24N4O2S/c1-15-18-17(19-23-15)14-21-9-5-8-20(10-11-21)12-13-24(22)16-6-3-2-4-7-16/h2-4,6-7H,5,8-14H2,1H3/t24-/m1/s1. The van der Waals surface area contributed by atoms with E-state index in [1.807, 2.05) is 37.3 Å². The van der Waals surface area contributed by atoms with Crippen LogP contribution in [0.2, 0.25) is 0 Å². The molecule has 1 fully saturated rings. The van der Waals surface area contributed by atoms with Gasteiger partial charge in [-0.3, -0.25) is 9.11 Å². The van der Waals surface area contributed by atoms with E-state index in [9.17, 15) is 4.21 Å². The Morgan fingerprint density at radius 1 is 1.12 bits per heavy atom. The zero-order chi connectivity index (χ0) is 16.8. The van der Waals surface area contributed by atoms with Crippen LogP contribution in [0.4, 0.5) is 0 Å². The van der Waals surface area contributed by atoms with Gasteiger partial charge in [0.1, 0.15) is 0 Å². The SMILES string of the molecule is Cc1nc(CN2CCCN(CC[S@@](=O)c3ccccc3)CC2)no1. The number of aromatic nitrogens is 2. The Kier molecular flexibility index (Phi) is 6.12. The summed E-state index contributed by atoms with van der Waals surface area (Å²) in [6.45, 7) is 7.47. The van der Waals surface area contributed by atoms with Crippen molar-refractivity contribution in [1.29, 1.82) is 0 Å². The van der Waals surface area contributed by atoms with Crippen LogP contribution < -0.4 is 0 Å². The second-order valence-corrected chi connectivity index (χ2v) is 7.63. The third kappa shape index (κ3) is 4.96. The Morgan fingerprint density at radius 3 is 2.62 bits per heavy atom. The fourth-order valence-electron chi connectivity index (χ4n) is 2.91. The first kappa shape index (κ1) is 17.3. The highest BCUT2D eigenvalue weighted by Crippen LogP contribution is 2.09. The Labute approximate surface area is 145 Å². The van der Waals surface area contributed by atoms with E-state index in [2.05, 4.69) is 19.9 Å². The number of hydrogen-bond acceptors (Lipinski definition) is 6. The molecule has 1 aromatic heterocycles. The van der Waals surface area contributed by atoms with Crippen molar-refractivity contribution in [3.63, 3.8) is 0 Å². The van der Waals surface area contributed by atoms with Gasteiger partial charge in [0.15, 0.2) is 5.82 Å². The molecule has 7 heteroatoms. The van der Waals surface area contributed by atoms with Crippen LogP contribution in [0.3, 0.4) is 0 Å². The average Bonchev–Trinajstić information content (AvgIpc) is 2.88. The van der Waals surface area contributed by atoms with Crippen molar-refractivity contribution in [2.75, 3.05) is 38.5 Å². The maximum atomic E-state index is 12.3. The summed E-state index contributed by atoms with van der Waals surface area (Å²) in [4.78, 5) is 9.96. The number of aryl methyl sites for hydroxylation is 1. The summed E-state index contributed by atoms with van der Waals surface area (Å²) >= 11 is 0. The summed E-state index contributed by atoms with van der Waals surface area (Å²) < 4.78 is 17.4. The minimum absolute atomic E-state index is 0.616. The first-order valence-corrected chi connectivity index (χ1v) is 9.70. The molecule has 3 rings (SSSR count). The molecule has 1 atom stereocenters. The van der Waals surface area contributed by atoms with E-state index in [0.29, 0.717) is 11.6 Å². The zero-order valence-corrected chi connectivity index (χ0v) is 14.9. The molecule has 0 amide bonds. The van der Waals surface area contributed by atoms with Crippen molar-refractivity contribution < 1.29 is 8.73 Å². The molecule has 1 aromatic carbocycles. The van der Waals surface area contributed by atoms with E-state index in [0.717, 1.165) is 56.4 Å². The van der Waals surface area contributed by atoms with Crippen LogP contribution >= 0.6 is 0 Å². The highest BCUT2D eigenvalue weighted by molar-refractivity contribution is 7.85. The normalized spacial score (nSPS) is 18.4. The van der Waals surface area contributed by atoms with Crippen LogP contribution in [0.5, 0.6) is 0 Å². The van der Waals surface area contributed by atoms with E-state index in [1.54, 1.807) is 0 Å². The lowest BCUT2D eigenvalue weighted by Gasteiger charge is -2.20. The maximum Gasteiger partial charge on any atom is 0.223 e. The van der Waals surface area contributed by atoms with Gasteiger partial charge in [-0.1, -0.05) is 23.4 Å². The Bertz CT molecular complexity index is 662. The van der Waals surface area contributed by atoms with Crippen molar-refractivity contribution in [3.05, 3.63) is 42.0 Å². The van der Waals surface area contributed by atoms with Crippen molar-refractivity contribution in [3.8, 4) is 0 Å². The van der Waals surface area contributed by atoms with Crippen LogP contribution in [0.15, 0.2) is 39.8 Å². The quantitative estimate of drug-likeness (QED) is 0.792. The molecule has 0 spiro atoms. The summed E-state index contributed by atoms with van der Waals surface area (Å²) in [6.07, 6.45) is 1.11. The van der Waals surface area contributed by atoms with Gasteiger partial charge < -0.3 is 9.42 Å². The van der Waals surface area contributed by atoms with Crippen LogP contribution in [-0.2, 0) is 17.3 Å². The number of rotatable bonds is 6. The highest BCUT2D eigenvalue weighted by Gasteiger charge is 2.17. The van der Waals surface area contributed by atoms with Crippen LogP contribution in [0.1, 0.15) is 18.1 Å². The van der Waals surface area contributed by atoms with E-state index >= 15 is 0 Å². The van der Waals surface area contributed by atoms with Gasteiger partial charge in [-0.2, -0.15) is 4.98 Å². The third-order valence-electron chi connectivity index (χ3n) is 4.21. The molecule has 6 nitrogen and oxygen atoms in total. The molecule has 0 aliphatic carbocycles. The molecule has 2 aromatic rings. The van der Waals surface area contributed by atoms with Gasteiger partial charge >= 0.3 is 0 Å². The van der Waals surface area contributed by atoms with Crippen molar-refractivity contribution in [2.45, 2.75) is 24.8 Å². The second-order valence-electron chi connectivity index (χ2n) is 6.06. The summed E-state index contributed by atoms with van der Waals surface area (Å²) in [5.41, 5.74) is 0. The molecule has 2 heterocycles. The number of hydrogen-bond donors (Lipinski definition) is 0. The fraction of sp³-hybridized carbons (Fsp3) is 0.529. The largest absolute Gasteiger partial charge is 0.340 e. The zero-order valence-electron chi connectivity index (χ0n) is 14.1. The van der Waals surface area contributed by atoms with Crippen molar-refractivity contribution in [2.24, 2.45) is 0 Å².